The van der Waals surface area contributed by atoms with Crippen molar-refractivity contribution in [3.8, 4) is 0 Å². The fourth-order valence-corrected chi connectivity index (χ4v) is 5.66. The molecule has 0 saturated heterocycles. The summed E-state index contributed by atoms with van der Waals surface area (Å²) in [5.74, 6) is 0.399. The highest BCUT2D eigenvalue weighted by molar-refractivity contribution is 7.90. The first kappa shape index (κ1) is 21.5. The number of rotatable bonds is 4. The highest BCUT2D eigenvalue weighted by atomic mass is 32.2. The first-order valence-electron chi connectivity index (χ1n) is 11.3. The topological polar surface area (TPSA) is 61.8 Å². The Labute approximate surface area is 195 Å². The van der Waals surface area contributed by atoms with Gasteiger partial charge in [-0.3, -0.25) is 4.72 Å². The van der Waals surface area contributed by atoms with Crippen LogP contribution in [0, 0.1) is 6.92 Å². The Hall–Kier alpha value is -3.38. The zero-order chi connectivity index (χ0) is 22.9. The number of para-hydroxylation sites is 1. The van der Waals surface area contributed by atoms with E-state index in [0.29, 0.717) is 5.84 Å². The van der Waals surface area contributed by atoms with E-state index in [1.165, 1.54) is 0 Å². The average molecular weight is 458 g/mol. The SMILES string of the molecule is Cc1ccc(S(=O)(=O)NC2=NC3(CCCC3)N(c3ccccc3)C=C2c2ccccc2)cc1. The van der Waals surface area contributed by atoms with Crippen LogP contribution in [-0.4, -0.2) is 19.9 Å². The summed E-state index contributed by atoms with van der Waals surface area (Å²) in [6.45, 7) is 1.94. The largest absolute Gasteiger partial charge is 0.322 e. The van der Waals surface area contributed by atoms with Gasteiger partial charge in [-0.15, -0.1) is 0 Å². The van der Waals surface area contributed by atoms with Crippen molar-refractivity contribution in [1.82, 2.24) is 4.72 Å². The molecule has 1 heterocycles. The molecule has 1 N–H and O–H groups in total. The van der Waals surface area contributed by atoms with Gasteiger partial charge in [-0.2, -0.15) is 0 Å². The molecule has 1 aliphatic carbocycles. The van der Waals surface area contributed by atoms with Crippen LogP contribution in [0.15, 0.2) is 101 Å². The van der Waals surface area contributed by atoms with Crippen molar-refractivity contribution in [2.75, 3.05) is 4.90 Å². The molecule has 6 heteroatoms. The molecule has 5 rings (SSSR count). The third kappa shape index (κ3) is 4.18. The van der Waals surface area contributed by atoms with E-state index >= 15 is 0 Å². The third-order valence-electron chi connectivity index (χ3n) is 6.37. The summed E-state index contributed by atoms with van der Waals surface area (Å²) in [5, 5.41) is 0. The molecule has 3 aromatic rings. The number of benzene rings is 3. The van der Waals surface area contributed by atoms with Gasteiger partial charge in [0.2, 0.25) is 0 Å². The van der Waals surface area contributed by atoms with Gasteiger partial charge in [0.05, 0.1) is 4.90 Å². The van der Waals surface area contributed by atoms with Gasteiger partial charge in [0, 0.05) is 17.5 Å². The van der Waals surface area contributed by atoms with Crippen LogP contribution in [-0.2, 0) is 10.0 Å². The van der Waals surface area contributed by atoms with Gasteiger partial charge in [-0.05, 0) is 62.4 Å². The van der Waals surface area contributed by atoms with Crippen LogP contribution in [0.3, 0.4) is 0 Å². The van der Waals surface area contributed by atoms with E-state index in [4.69, 9.17) is 4.99 Å². The molecule has 3 aromatic carbocycles. The van der Waals surface area contributed by atoms with Crippen molar-refractivity contribution >= 4 is 27.1 Å². The van der Waals surface area contributed by atoms with Crippen LogP contribution >= 0.6 is 0 Å². The lowest BCUT2D eigenvalue weighted by atomic mass is 9.98. The van der Waals surface area contributed by atoms with Crippen molar-refractivity contribution in [2.24, 2.45) is 4.99 Å². The van der Waals surface area contributed by atoms with Crippen molar-refractivity contribution < 1.29 is 8.42 Å². The quantitative estimate of drug-likeness (QED) is 0.562. The maximum Gasteiger partial charge on any atom is 0.263 e. The molecule has 0 aromatic heterocycles. The second kappa shape index (κ2) is 8.52. The first-order chi connectivity index (χ1) is 16.0. The Morgan fingerprint density at radius 1 is 0.848 bits per heavy atom. The fourth-order valence-electron chi connectivity index (χ4n) is 4.64. The van der Waals surface area contributed by atoms with E-state index in [-0.39, 0.29) is 4.90 Å². The average Bonchev–Trinajstić information content (AvgIpc) is 3.29. The molecular formula is C27H27N3O2S. The highest BCUT2D eigenvalue weighted by Gasteiger charge is 2.43. The number of aliphatic imine (C=N–C) groups is 1. The lowest BCUT2D eigenvalue weighted by Crippen LogP contribution is -2.48. The van der Waals surface area contributed by atoms with E-state index < -0.39 is 15.7 Å². The van der Waals surface area contributed by atoms with E-state index in [0.717, 1.165) is 48.1 Å². The molecule has 1 aliphatic heterocycles. The minimum atomic E-state index is -3.79. The number of hydrogen-bond acceptors (Lipinski definition) is 4. The monoisotopic (exact) mass is 457 g/mol. The molecule has 168 valence electrons. The maximum atomic E-state index is 13.3. The molecule has 1 saturated carbocycles. The minimum Gasteiger partial charge on any atom is -0.322 e. The Morgan fingerprint density at radius 2 is 1.45 bits per heavy atom. The normalized spacial score (nSPS) is 17.5. The summed E-state index contributed by atoms with van der Waals surface area (Å²) in [4.78, 5) is 7.60. The molecular weight excluding hydrogens is 430 g/mol. The number of aryl methyl sites for hydroxylation is 1. The molecule has 5 nitrogen and oxygen atoms in total. The summed E-state index contributed by atoms with van der Waals surface area (Å²) in [6.07, 6.45) is 5.92. The Bertz CT molecular complexity index is 1290. The van der Waals surface area contributed by atoms with Gasteiger partial charge in [0.1, 0.15) is 11.5 Å². The molecule has 1 fully saturated rings. The van der Waals surface area contributed by atoms with Crippen molar-refractivity contribution in [1.29, 1.82) is 0 Å². The number of anilines is 1. The van der Waals surface area contributed by atoms with Crippen molar-refractivity contribution in [3.63, 3.8) is 0 Å². The number of nitrogens with zero attached hydrogens (tertiary/aromatic N) is 2. The smallest absolute Gasteiger partial charge is 0.263 e. The summed E-state index contributed by atoms with van der Waals surface area (Å²) in [5.41, 5.74) is 3.24. The van der Waals surface area contributed by atoms with Crippen molar-refractivity contribution in [2.45, 2.75) is 43.2 Å². The van der Waals surface area contributed by atoms with E-state index in [9.17, 15) is 8.42 Å². The zero-order valence-corrected chi connectivity index (χ0v) is 19.4. The Kier molecular flexibility index (Phi) is 5.54. The minimum absolute atomic E-state index is 0.231. The van der Waals surface area contributed by atoms with Crippen molar-refractivity contribution in [3.05, 3.63) is 102 Å². The summed E-state index contributed by atoms with van der Waals surface area (Å²) in [6, 6.07) is 26.9. The number of hydrogen-bond donors (Lipinski definition) is 1. The van der Waals surface area contributed by atoms with Crippen LogP contribution in [0.4, 0.5) is 5.69 Å². The maximum absolute atomic E-state index is 13.3. The van der Waals surface area contributed by atoms with E-state index in [1.807, 2.05) is 55.5 Å². The zero-order valence-electron chi connectivity index (χ0n) is 18.6. The Balaban J connectivity index is 1.62. The molecule has 0 radical (unpaired) electrons. The van der Waals surface area contributed by atoms with Crippen LogP contribution in [0.25, 0.3) is 5.57 Å². The second-order valence-electron chi connectivity index (χ2n) is 8.68. The van der Waals surface area contributed by atoms with E-state index in [2.05, 4.69) is 28.0 Å². The van der Waals surface area contributed by atoms with Gasteiger partial charge in [-0.1, -0.05) is 66.2 Å². The molecule has 0 unspecified atom stereocenters. The van der Waals surface area contributed by atoms with Crippen LogP contribution in [0.1, 0.15) is 36.8 Å². The summed E-state index contributed by atoms with van der Waals surface area (Å²) < 4.78 is 29.5. The molecule has 0 atom stereocenters. The third-order valence-corrected chi connectivity index (χ3v) is 7.72. The van der Waals surface area contributed by atoms with E-state index in [1.54, 1.807) is 24.3 Å². The summed E-state index contributed by atoms with van der Waals surface area (Å²) in [7, 11) is -3.79. The number of amidine groups is 1. The fraction of sp³-hybridized carbons (Fsp3) is 0.222. The lowest BCUT2D eigenvalue weighted by Gasteiger charge is -2.42. The second-order valence-corrected chi connectivity index (χ2v) is 10.4. The number of sulfonamides is 1. The van der Waals surface area contributed by atoms with Gasteiger partial charge in [-0.25, -0.2) is 13.4 Å². The molecule has 2 aliphatic rings. The highest BCUT2D eigenvalue weighted by Crippen LogP contribution is 2.43. The first-order valence-corrected chi connectivity index (χ1v) is 12.8. The lowest BCUT2D eigenvalue weighted by molar-refractivity contribution is 0.444. The van der Waals surface area contributed by atoms with Crippen LogP contribution in [0.5, 0.6) is 0 Å². The van der Waals surface area contributed by atoms with Crippen LogP contribution in [0.2, 0.25) is 0 Å². The molecule has 0 amide bonds. The molecule has 33 heavy (non-hydrogen) atoms. The van der Waals surface area contributed by atoms with Gasteiger partial charge < -0.3 is 4.90 Å². The van der Waals surface area contributed by atoms with Crippen LogP contribution < -0.4 is 9.62 Å². The molecule has 1 spiro atoms. The predicted octanol–water partition coefficient (Wildman–Crippen LogP) is 5.50. The number of nitrogens with one attached hydrogen (secondary N) is 1. The van der Waals surface area contributed by atoms with Gasteiger partial charge in [0.15, 0.2) is 0 Å². The summed E-state index contributed by atoms with van der Waals surface area (Å²) >= 11 is 0. The standard InChI is InChI=1S/C27H27N3O2S/c1-21-14-16-24(17-15-21)33(31,32)29-26-25(22-10-4-2-5-11-22)20-30(23-12-6-3-7-13-23)27(28-26)18-8-9-19-27/h2-7,10-17,20H,8-9,18-19H2,1H3,(H,28,29). The van der Waals surface area contributed by atoms with Gasteiger partial charge >= 0.3 is 0 Å². The van der Waals surface area contributed by atoms with Gasteiger partial charge in [0.25, 0.3) is 10.0 Å². The predicted molar refractivity (Wildman–Crippen MR) is 133 cm³/mol. The Morgan fingerprint density at radius 3 is 2.09 bits per heavy atom. The molecule has 0 bridgehead atoms.